The van der Waals surface area contributed by atoms with E-state index >= 15 is 0 Å². The predicted molar refractivity (Wildman–Crippen MR) is 126 cm³/mol. The topological polar surface area (TPSA) is 66.4 Å². The van der Waals surface area contributed by atoms with Crippen molar-refractivity contribution in [3.63, 3.8) is 0 Å². The zero-order valence-electron chi connectivity index (χ0n) is 17.7. The summed E-state index contributed by atoms with van der Waals surface area (Å²) in [7, 11) is 0. The molecule has 1 atom stereocenters. The maximum Gasteiger partial charge on any atom is 0.327 e. The van der Waals surface area contributed by atoms with Crippen molar-refractivity contribution in [2.45, 2.75) is 24.6 Å². The van der Waals surface area contributed by atoms with Gasteiger partial charge in [-0.15, -0.1) is 11.8 Å². The molecule has 31 heavy (non-hydrogen) atoms. The van der Waals surface area contributed by atoms with Gasteiger partial charge in [0.2, 0.25) is 5.91 Å². The number of benzene rings is 3. The smallest absolute Gasteiger partial charge is 0.327 e. The number of thioether (sulfide) groups is 1. The fraction of sp³-hybridized carbons (Fsp3) is 0.231. The Bertz CT molecular complexity index is 894. The monoisotopic (exact) mass is 433 g/mol. The SMILES string of the molecule is CC(C)C(=O)N[C@@H](CSC(c1ccccc1)(c1ccccc1)c1ccccc1)C(=O)O. The van der Waals surface area contributed by atoms with E-state index in [2.05, 4.69) is 41.7 Å². The molecule has 0 heterocycles. The van der Waals surface area contributed by atoms with Crippen LogP contribution >= 0.6 is 11.8 Å². The molecule has 5 heteroatoms. The zero-order chi connectivity index (χ0) is 22.3. The van der Waals surface area contributed by atoms with Crippen LogP contribution < -0.4 is 5.32 Å². The Morgan fingerprint density at radius 1 is 0.806 bits per heavy atom. The van der Waals surface area contributed by atoms with E-state index < -0.39 is 16.8 Å². The van der Waals surface area contributed by atoms with Gasteiger partial charge in [-0.25, -0.2) is 4.79 Å². The molecule has 0 aromatic heterocycles. The summed E-state index contributed by atoms with van der Waals surface area (Å²) in [6.07, 6.45) is 0. The number of nitrogens with one attached hydrogen (secondary N) is 1. The first kappa shape index (κ1) is 22.6. The minimum atomic E-state index is -1.04. The van der Waals surface area contributed by atoms with Gasteiger partial charge in [0.25, 0.3) is 0 Å². The molecule has 2 N–H and O–H groups in total. The van der Waals surface area contributed by atoms with Gasteiger partial charge >= 0.3 is 5.97 Å². The number of rotatable bonds is 9. The molecule has 0 radical (unpaired) electrons. The first-order valence-corrected chi connectivity index (χ1v) is 11.3. The molecule has 3 aromatic rings. The van der Waals surface area contributed by atoms with E-state index in [0.717, 1.165) is 16.7 Å². The average Bonchev–Trinajstić information content (AvgIpc) is 2.80. The molecule has 0 aliphatic heterocycles. The van der Waals surface area contributed by atoms with Gasteiger partial charge in [-0.05, 0) is 16.7 Å². The Kier molecular flexibility index (Phi) is 7.53. The molecule has 3 aromatic carbocycles. The van der Waals surface area contributed by atoms with Crippen LogP contribution in [0.1, 0.15) is 30.5 Å². The van der Waals surface area contributed by atoms with Gasteiger partial charge in [-0.2, -0.15) is 0 Å². The number of amides is 1. The van der Waals surface area contributed by atoms with E-state index in [1.807, 2.05) is 54.6 Å². The molecule has 0 bridgehead atoms. The number of carbonyl (C=O) groups excluding carboxylic acids is 1. The number of aliphatic carboxylic acids is 1. The predicted octanol–water partition coefficient (Wildman–Crippen LogP) is 4.94. The number of carboxylic acids is 1. The lowest BCUT2D eigenvalue weighted by atomic mass is 9.84. The molecule has 0 saturated carbocycles. The first-order valence-electron chi connectivity index (χ1n) is 10.3. The maximum atomic E-state index is 12.2. The highest BCUT2D eigenvalue weighted by molar-refractivity contribution is 8.00. The molecule has 0 spiro atoms. The third-order valence-corrected chi connectivity index (χ3v) is 6.79. The van der Waals surface area contributed by atoms with Gasteiger partial charge in [0.15, 0.2) is 0 Å². The molecule has 4 nitrogen and oxygen atoms in total. The van der Waals surface area contributed by atoms with E-state index in [1.54, 1.807) is 13.8 Å². The van der Waals surface area contributed by atoms with E-state index in [0.29, 0.717) is 0 Å². The minimum Gasteiger partial charge on any atom is -0.480 e. The maximum absolute atomic E-state index is 12.2. The van der Waals surface area contributed by atoms with Crippen LogP contribution in [0, 0.1) is 5.92 Å². The van der Waals surface area contributed by atoms with E-state index in [-0.39, 0.29) is 17.6 Å². The van der Waals surface area contributed by atoms with Crippen LogP contribution in [0.4, 0.5) is 0 Å². The Labute approximate surface area is 187 Å². The molecule has 3 rings (SSSR count). The van der Waals surface area contributed by atoms with Gasteiger partial charge in [0.1, 0.15) is 6.04 Å². The van der Waals surface area contributed by atoms with Crippen molar-refractivity contribution in [3.05, 3.63) is 108 Å². The van der Waals surface area contributed by atoms with Gasteiger partial charge in [0.05, 0.1) is 4.75 Å². The first-order chi connectivity index (χ1) is 14.9. The highest BCUT2D eigenvalue weighted by Crippen LogP contribution is 2.48. The zero-order valence-corrected chi connectivity index (χ0v) is 18.5. The molecule has 160 valence electrons. The highest BCUT2D eigenvalue weighted by Gasteiger charge is 2.38. The molecule has 0 saturated heterocycles. The van der Waals surface area contributed by atoms with E-state index in [4.69, 9.17) is 0 Å². The second-order valence-electron chi connectivity index (χ2n) is 7.64. The molecule has 0 unspecified atom stereocenters. The highest BCUT2D eigenvalue weighted by atomic mass is 32.2. The van der Waals surface area contributed by atoms with Crippen LogP contribution in [0.2, 0.25) is 0 Å². The second-order valence-corrected chi connectivity index (χ2v) is 8.88. The second kappa shape index (κ2) is 10.3. The van der Waals surface area contributed by atoms with Crippen molar-refractivity contribution in [3.8, 4) is 0 Å². The Hall–Kier alpha value is -3.05. The average molecular weight is 434 g/mol. The van der Waals surface area contributed by atoms with Crippen LogP contribution in [0.15, 0.2) is 91.0 Å². The summed E-state index contributed by atoms with van der Waals surface area (Å²) in [5.74, 6) is -1.37. The lowest BCUT2D eigenvalue weighted by Gasteiger charge is -2.36. The summed E-state index contributed by atoms with van der Waals surface area (Å²) < 4.78 is -0.625. The summed E-state index contributed by atoms with van der Waals surface area (Å²) in [4.78, 5) is 24.2. The van der Waals surface area contributed by atoms with Crippen molar-refractivity contribution >= 4 is 23.6 Å². The fourth-order valence-corrected chi connectivity index (χ4v) is 5.04. The summed E-state index contributed by atoms with van der Waals surface area (Å²) in [5, 5.41) is 12.5. The van der Waals surface area contributed by atoms with Crippen molar-refractivity contribution in [1.82, 2.24) is 5.32 Å². The fourth-order valence-electron chi connectivity index (χ4n) is 3.49. The quantitative estimate of drug-likeness (QED) is 0.469. The number of hydrogen-bond acceptors (Lipinski definition) is 3. The van der Waals surface area contributed by atoms with Crippen molar-refractivity contribution in [2.75, 3.05) is 5.75 Å². The number of carbonyl (C=O) groups is 2. The normalized spacial score (nSPS) is 12.4. The van der Waals surface area contributed by atoms with Crippen LogP contribution in [0.25, 0.3) is 0 Å². The van der Waals surface area contributed by atoms with Crippen LogP contribution in [-0.2, 0) is 14.3 Å². The minimum absolute atomic E-state index is 0.215. The van der Waals surface area contributed by atoms with Gasteiger partial charge in [0, 0.05) is 11.7 Å². The molecule has 0 fully saturated rings. The molecular weight excluding hydrogens is 406 g/mol. The van der Waals surface area contributed by atoms with Crippen LogP contribution in [0.5, 0.6) is 0 Å². The lowest BCUT2D eigenvalue weighted by Crippen LogP contribution is -2.45. The molecule has 0 aliphatic rings. The number of hydrogen-bond donors (Lipinski definition) is 2. The third kappa shape index (κ3) is 5.17. The summed E-state index contributed by atoms with van der Waals surface area (Å²) in [6, 6.07) is 29.3. The van der Waals surface area contributed by atoms with Gasteiger partial charge in [-0.1, -0.05) is 105 Å². The van der Waals surface area contributed by atoms with Crippen molar-refractivity contribution in [2.24, 2.45) is 5.92 Å². The van der Waals surface area contributed by atoms with Crippen LogP contribution in [-0.4, -0.2) is 28.8 Å². The van der Waals surface area contributed by atoms with Crippen LogP contribution in [0.3, 0.4) is 0 Å². The molecule has 0 aliphatic carbocycles. The third-order valence-electron chi connectivity index (χ3n) is 5.15. The summed E-state index contributed by atoms with van der Waals surface area (Å²) >= 11 is 1.52. The lowest BCUT2D eigenvalue weighted by molar-refractivity contribution is -0.141. The van der Waals surface area contributed by atoms with Gasteiger partial charge < -0.3 is 10.4 Å². The Morgan fingerprint density at radius 2 is 1.19 bits per heavy atom. The Morgan fingerprint density at radius 3 is 1.52 bits per heavy atom. The van der Waals surface area contributed by atoms with E-state index in [9.17, 15) is 14.7 Å². The number of carboxylic acid groups (broad SMARTS) is 1. The van der Waals surface area contributed by atoms with Crippen molar-refractivity contribution in [1.29, 1.82) is 0 Å². The standard InChI is InChI=1S/C26H27NO3S/c1-19(2)24(28)27-23(25(29)30)18-31-26(20-12-6-3-7-13-20,21-14-8-4-9-15-21)22-16-10-5-11-17-22/h3-17,19,23H,18H2,1-2H3,(H,27,28)(H,29,30)/t23-/m0/s1. The molecular formula is C26H27NO3S. The van der Waals surface area contributed by atoms with E-state index in [1.165, 1.54) is 11.8 Å². The largest absolute Gasteiger partial charge is 0.480 e. The van der Waals surface area contributed by atoms with Gasteiger partial charge in [-0.3, -0.25) is 4.79 Å². The summed E-state index contributed by atoms with van der Waals surface area (Å²) in [6.45, 7) is 3.51. The summed E-state index contributed by atoms with van der Waals surface area (Å²) in [5.41, 5.74) is 3.16. The van der Waals surface area contributed by atoms with Crippen molar-refractivity contribution < 1.29 is 14.7 Å². The molecule has 1 amide bonds. The Balaban J connectivity index is 2.09.